The molecule has 0 saturated carbocycles. The third-order valence-electron chi connectivity index (χ3n) is 1.61. The molecule has 66 valence electrons. The fourth-order valence-corrected chi connectivity index (χ4v) is 1.36. The van der Waals surface area contributed by atoms with E-state index in [2.05, 4.69) is 5.32 Å². The van der Waals surface area contributed by atoms with Crippen LogP contribution in [0.2, 0.25) is 5.02 Å². The first kappa shape index (κ1) is 9.33. The van der Waals surface area contributed by atoms with Gasteiger partial charge in [0, 0.05) is 11.6 Å². The Hall–Kier alpha value is -0.760. The van der Waals surface area contributed by atoms with E-state index in [-0.39, 0.29) is 5.82 Å². The Labute approximate surface area is 76.5 Å². The van der Waals surface area contributed by atoms with Crippen molar-refractivity contribution in [3.8, 4) is 0 Å². The van der Waals surface area contributed by atoms with Crippen LogP contribution in [0.5, 0.6) is 0 Å². The molecule has 0 unspecified atom stereocenters. The number of halogens is 2. The van der Waals surface area contributed by atoms with Crippen LogP contribution in [0.4, 0.5) is 10.1 Å². The predicted octanol–water partition coefficient (Wildman–Crippen LogP) is 3.22. The van der Waals surface area contributed by atoms with Crippen LogP contribution in [0.1, 0.15) is 12.5 Å². The SMILES string of the molecule is CCNc1c(C)cc(Cl)cc1F. The molecule has 0 atom stereocenters. The van der Waals surface area contributed by atoms with Crippen LogP contribution in [0, 0.1) is 12.7 Å². The van der Waals surface area contributed by atoms with E-state index in [0.29, 0.717) is 17.3 Å². The van der Waals surface area contributed by atoms with E-state index in [1.807, 2.05) is 13.8 Å². The summed E-state index contributed by atoms with van der Waals surface area (Å²) >= 11 is 5.65. The van der Waals surface area contributed by atoms with Gasteiger partial charge in [0.25, 0.3) is 0 Å². The van der Waals surface area contributed by atoms with E-state index >= 15 is 0 Å². The molecule has 0 bridgehead atoms. The molecule has 1 N–H and O–H groups in total. The smallest absolute Gasteiger partial charge is 0.148 e. The van der Waals surface area contributed by atoms with Gasteiger partial charge in [-0.2, -0.15) is 0 Å². The summed E-state index contributed by atoms with van der Waals surface area (Å²) in [5.74, 6) is -0.290. The Kier molecular flexibility index (Phi) is 2.93. The van der Waals surface area contributed by atoms with Gasteiger partial charge in [0.2, 0.25) is 0 Å². The molecule has 1 nitrogen and oxygen atoms in total. The summed E-state index contributed by atoms with van der Waals surface area (Å²) in [6, 6.07) is 3.05. The molecule has 0 aromatic heterocycles. The summed E-state index contributed by atoms with van der Waals surface area (Å²) in [7, 11) is 0. The highest BCUT2D eigenvalue weighted by Gasteiger charge is 2.05. The second-order valence-corrected chi connectivity index (χ2v) is 3.05. The number of anilines is 1. The highest BCUT2D eigenvalue weighted by atomic mass is 35.5. The van der Waals surface area contributed by atoms with Crippen molar-refractivity contribution in [2.24, 2.45) is 0 Å². The molecule has 1 rings (SSSR count). The lowest BCUT2D eigenvalue weighted by Crippen LogP contribution is -2.01. The van der Waals surface area contributed by atoms with Gasteiger partial charge < -0.3 is 5.32 Å². The Morgan fingerprint density at radius 1 is 1.50 bits per heavy atom. The molecule has 0 aliphatic heterocycles. The van der Waals surface area contributed by atoms with Gasteiger partial charge in [-0.15, -0.1) is 0 Å². The van der Waals surface area contributed by atoms with Crippen molar-refractivity contribution in [3.63, 3.8) is 0 Å². The van der Waals surface area contributed by atoms with Crippen LogP contribution in [-0.2, 0) is 0 Å². The summed E-state index contributed by atoms with van der Waals surface area (Å²) in [5.41, 5.74) is 1.38. The number of aryl methyl sites for hydroxylation is 1. The highest BCUT2D eigenvalue weighted by Crippen LogP contribution is 2.23. The zero-order valence-electron chi connectivity index (χ0n) is 7.12. The normalized spacial score (nSPS) is 10.0. The van der Waals surface area contributed by atoms with Crippen LogP contribution < -0.4 is 5.32 Å². The number of hydrogen-bond donors (Lipinski definition) is 1. The minimum Gasteiger partial charge on any atom is -0.383 e. The van der Waals surface area contributed by atoms with E-state index < -0.39 is 0 Å². The van der Waals surface area contributed by atoms with Gasteiger partial charge in [-0.05, 0) is 31.5 Å². The number of hydrogen-bond acceptors (Lipinski definition) is 1. The standard InChI is InChI=1S/C9H11ClFN/c1-3-12-9-6(2)4-7(10)5-8(9)11/h4-5,12H,3H2,1-2H3. The fraction of sp³-hybridized carbons (Fsp3) is 0.333. The topological polar surface area (TPSA) is 12.0 Å². The molecule has 1 aromatic rings. The molecule has 0 heterocycles. The maximum atomic E-state index is 13.2. The third kappa shape index (κ3) is 1.89. The fourth-order valence-electron chi connectivity index (χ4n) is 1.10. The predicted molar refractivity (Wildman–Crippen MR) is 50.3 cm³/mol. The average Bonchev–Trinajstić information content (AvgIpc) is 1.96. The van der Waals surface area contributed by atoms with Gasteiger partial charge in [-0.3, -0.25) is 0 Å². The minimum atomic E-state index is -0.290. The van der Waals surface area contributed by atoms with Gasteiger partial charge in [0.05, 0.1) is 5.69 Å². The van der Waals surface area contributed by atoms with E-state index in [9.17, 15) is 4.39 Å². The van der Waals surface area contributed by atoms with Gasteiger partial charge in [0.15, 0.2) is 0 Å². The van der Waals surface area contributed by atoms with E-state index in [4.69, 9.17) is 11.6 Å². The van der Waals surface area contributed by atoms with Crippen LogP contribution in [0.25, 0.3) is 0 Å². The lowest BCUT2D eigenvalue weighted by Gasteiger charge is -2.08. The largest absolute Gasteiger partial charge is 0.383 e. The van der Waals surface area contributed by atoms with Crippen molar-refractivity contribution < 1.29 is 4.39 Å². The Balaban J connectivity index is 3.10. The van der Waals surface area contributed by atoms with Crippen molar-refractivity contribution in [1.29, 1.82) is 0 Å². The van der Waals surface area contributed by atoms with Crippen molar-refractivity contribution >= 4 is 17.3 Å². The van der Waals surface area contributed by atoms with E-state index in [1.54, 1.807) is 6.07 Å². The molecular formula is C9H11ClFN. The van der Waals surface area contributed by atoms with Crippen LogP contribution in [-0.4, -0.2) is 6.54 Å². The molecule has 12 heavy (non-hydrogen) atoms. The molecule has 0 fully saturated rings. The van der Waals surface area contributed by atoms with Crippen molar-refractivity contribution in [2.75, 3.05) is 11.9 Å². The molecular weight excluding hydrogens is 177 g/mol. The van der Waals surface area contributed by atoms with Crippen LogP contribution >= 0.6 is 11.6 Å². The zero-order valence-corrected chi connectivity index (χ0v) is 7.87. The maximum Gasteiger partial charge on any atom is 0.148 e. The van der Waals surface area contributed by atoms with Crippen LogP contribution in [0.3, 0.4) is 0 Å². The summed E-state index contributed by atoms with van der Waals surface area (Å²) in [5, 5.41) is 3.37. The summed E-state index contributed by atoms with van der Waals surface area (Å²) in [4.78, 5) is 0. The Morgan fingerprint density at radius 3 is 2.67 bits per heavy atom. The van der Waals surface area contributed by atoms with E-state index in [1.165, 1.54) is 6.07 Å². The average molecular weight is 188 g/mol. The molecule has 0 radical (unpaired) electrons. The van der Waals surface area contributed by atoms with Gasteiger partial charge >= 0.3 is 0 Å². The second-order valence-electron chi connectivity index (χ2n) is 2.61. The molecule has 0 spiro atoms. The minimum absolute atomic E-state index is 0.290. The lowest BCUT2D eigenvalue weighted by molar-refractivity contribution is 0.629. The first-order chi connectivity index (χ1) is 5.65. The molecule has 0 aliphatic carbocycles. The van der Waals surface area contributed by atoms with Gasteiger partial charge in [0.1, 0.15) is 5.82 Å². The zero-order chi connectivity index (χ0) is 9.14. The molecule has 0 aliphatic rings. The molecule has 0 amide bonds. The third-order valence-corrected chi connectivity index (χ3v) is 1.82. The highest BCUT2D eigenvalue weighted by molar-refractivity contribution is 6.30. The summed E-state index contributed by atoms with van der Waals surface area (Å²) in [6.07, 6.45) is 0. The number of nitrogens with one attached hydrogen (secondary N) is 1. The van der Waals surface area contributed by atoms with Gasteiger partial charge in [-0.25, -0.2) is 4.39 Å². The van der Waals surface area contributed by atoms with Gasteiger partial charge in [-0.1, -0.05) is 11.6 Å². The van der Waals surface area contributed by atoms with Crippen molar-refractivity contribution in [3.05, 3.63) is 28.5 Å². The van der Waals surface area contributed by atoms with Crippen molar-refractivity contribution in [1.82, 2.24) is 0 Å². The summed E-state index contributed by atoms with van der Waals surface area (Å²) < 4.78 is 13.2. The number of rotatable bonds is 2. The molecule has 1 aromatic carbocycles. The maximum absolute atomic E-state index is 13.2. The van der Waals surface area contributed by atoms with E-state index in [0.717, 1.165) is 5.56 Å². The van der Waals surface area contributed by atoms with Crippen molar-refractivity contribution in [2.45, 2.75) is 13.8 Å². The lowest BCUT2D eigenvalue weighted by atomic mass is 10.2. The Bertz CT molecular complexity index is 263. The van der Waals surface area contributed by atoms with Crippen LogP contribution in [0.15, 0.2) is 12.1 Å². The first-order valence-corrected chi connectivity index (χ1v) is 4.22. The quantitative estimate of drug-likeness (QED) is 0.750. The Morgan fingerprint density at radius 2 is 2.17 bits per heavy atom. The number of benzene rings is 1. The first-order valence-electron chi connectivity index (χ1n) is 3.84. The molecule has 3 heteroatoms. The molecule has 0 saturated heterocycles. The second kappa shape index (κ2) is 3.76. The summed E-state index contributed by atoms with van der Waals surface area (Å²) in [6.45, 7) is 4.46. The monoisotopic (exact) mass is 187 g/mol.